The number of carbonyl (C=O) groups excluding carboxylic acids is 2. The van der Waals surface area contributed by atoms with Crippen molar-refractivity contribution in [3.05, 3.63) is 116 Å². The minimum atomic E-state index is -0.767. The molecule has 0 bridgehead atoms. The molecule has 1 N–H and O–H groups in total. The van der Waals surface area contributed by atoms with Crippen molar-refractivity contribution in [2.45, 2.75) is 13.5 Å². The smallest absolute Gasteiger partial charge is 0.344 e. The lowest BCUT2D eigenvalue weighted by molar-refractivity contribution is -0.138. The molecule has 0 fully saturated rings. The Bertz CT molecular complexity index is 1430. The maximum atomic E-state index is 12.6. The number of aliphatic hydroxyl groups is 1. The molecule has 0 saturated carbocycles. The maximum Gasteiger partial charge on any atom is 0.344 e. The summed E-state index contributed by atoms with van der Waals surface area (Å²) in [7, 11) is 0. The van der Waals surface area contributed by atoms with Gasteiger partial charge in [0, 0.05) is 16.1 Å². The maximum absolute atomic E-state index is 12.6. The number of halogens is 2. The number of benzene rings is 3. The standard InChI is InChI=1S/C28H21Cl2NO5S/c1-2-35-28(34)24-25(32)23(37-27(24)31-26(33)18-8-4-3-5-9-18)15-17-12-13-22(21(30)14-17)36-16-19-10-6-7-11-20(19)29/h3-15,32H,2,16H2,1H3/b23-15-,31-27?. The zero-order chi connectivity index (χ0) is 26.4. The number of thioether (sulfide) groups is 1. The summed E-state index contributed by atoms with van der Waals surface area (Å²) >= 11 is 13.6. The summed E-state index contributed by atoms with van der Waals surface area (Å²) in [6, 6.07) is 20.9. The van der Waals surface area contributed by atoms with E-state index in [-0.39, 0.29) is 29.6 Å². The summed E-state index contributed by atoms with van der Waals surface area (Å²) in [5, 5.41) is 11.9. The Morgan fingerprint density at radius 1 is 1.00 bits per heavy atom. The molecule has 6 nitrogen and oxygen atoms in total. The van der Waals surface area contributed by atoms with Crippen molar-refractivity contribution >= 4 is 58.0 Å². The highest BCUT2D eigenvalue weighted by Crippen LogP contribution is 2.40. The summed E-state index contributed by atoms with van der Waals surface area (Å²) in [5.74, 6) is -1.16. The molecule has 0 aliphatic carbocycles. The van der Waals surface area contributed by atoms with Crippen LogP contribution in [0.2, 0.25) is 10.0 Å². The Morgan fingerprint density at radius 3 is 2.43 bits per heavy atom. The molecule has 9 heteroatoms. The van der Waals surface area contributed by atoms with E-state index in [2.05, 4.69) is 4.99 Å². The summed E-state index contributed by atoms with van der Waals surface area (Å²) in [4.78, 5) is 29.6. The topological polar surface area (TPSA) is 85.2 Å². The summed E-state index contributed by atoms with van der Waals surface area (Å²) in [6.45, 7) is 2.00. The van der Waals surface area contributed by atoms with Crippen LogP contribution in [-0.2, 0) is 16.1 Å². The molecule has 1 heterocycles. The van der Waals surface area contributed by atoms with Crippen molar-refractivity contribution in [2.24, 2.45) is 4.99 Å². The predicted octanol–water partition coefficient (Wildman–Crippen LogP) is 7.27. The molecule has 0 spiro atoms. The van der Waals surface area contributed by atoms with E-state index in [4.69, 9.17) is 32.7 Å². The molecular formula is C28H21Cl2NO5S. The Labute approximate surface area is 228 Å². The molecule has 0 aromatic heterocycles. The summed E-state index contributed by atoms with van der Waals surface area (Å²) in [6.07, 6.45) is 1.64. The van der Waals surface area contributed by atoms with Crippen LogP contribution in [0.1, 0.15) is 28.4 Å². The Kier molecular flexibility index (Phi) is 8.71. The van der Waals surface area contributed by atoms with Gasteiger partial charge in [0.1, 0.15) is 28.7 Å². The number of hydrogen-bond donors (Lipinski definition) is 1. The van der Waals surface area contributed by atoms with Gasteiger partial charge in [-0.05, 0) is 48.9 Å². The van der Waals surface area contributed by atoms with E-state index in [1.54, 1.807) is 67.6 Å². The average molecular weight is 554 g/mol. The SMILES string of the molecule is CCOC(=O)C1=C(O)/C(=C/c2ccc(OCc3ccccc3Cl)c(Cl)c2)SC1=NC(=O)c1ccccc1. The van der Waals surface area contributed by atoms with Crippen LogP contribution in [0.3, 0.4) is 0 Å². The third kappa shape index (κ3) is 6.43. The van der Waals surface area contributed by atoms with Crippen LogP contribution < -0.4 is 4.74 Å². The highest BCUT2D eigenvalue weighted by molar-refractivity contribution is 8.18. The van der Waals surface area contributed by atoms with Gasteiger partial charge in [-0.1, -0.05) is 77.4 Å². The molecule has 1 aliphatic heterocycles. The number of esters is 1. The molecule has 0 unspecified atom stereocenters. The van der Waals surface area contributed by atoms with Crippen LogP contribution in [0.4, 0.5) is 0 Å². The minimum absolute atomic E-state index is 0.0573. The van der Waals surface area contributed by atoms with E-state index in [1.807, 2.05) is 18.2 Å². The fraction of sp³-hybridized carbons (Fsp3) is 0.107. The van der Waals surface area contributed by atoms with Gasteiger partial charge < -0.3 is 14.6 Å². The summed E-state index contributed by atoms with van der Waals surface area (Å²) in [5.41, 5.74) is 1.67. The van der Waals surface area contributed by atoms with Gasteiger partial charge in [-0.15, -0.1) is 0 Å². The van der Waals surface area contributed by atoms with Crippen molar-refractivity contribution in [1.29, 1.82) is 0 Å². The second-order valence-electron chi connectivity index (χ2n) is 7.71. The third-order valence-electron chi connectivity index (χ3n) is 5.19. The van der Waals surface area contributed by atoms with Gasteiger partial charge in [-0.25, -0.2) is 9.79 Å². The number of aliphatic imine (C=N–C) groups is 1. The van der Waals surface area contributed by atoms with Crippen molar-refractivity contribution in [3.8, 4) is 5.75 Å². The molecule has 0 saturated heterocycles. The first kappa shape index (κ1) is 26.5. The van der Waals surface area contributed by atoms with Gasteiger partial charge in [0.25, 0.3) is 5.91 Å². The molecule has 37 heavy (non-hydrogen) atoms. The minimum Gasteiger partial charge on any atom is -0.506 e. The van der Waals surface area contributed by atoms with E-state index in [1.165, 1.54) is 0 Å². The zero-order valence-electron chi connectivity index (χ0n) is 19.6. The van der Waals surface area contributed by atoms with E-state index in [0.717, 1.165) is 17.3 Å². The van der Waals surface area contributed by atoms with Crippen LogP contribution >= 0.6 is 35.0 Å². The monoisotopic (exact) mass is 553 g/mol. The molecule has 4 rings (SSSR count). The number of aliphatic hydroxyl groups excluding tert-OH is 1. The van der Waals surface area contributed by atoms with E-state index >= 15 is 0 Å². The van der Waals surface area contributed by atoms with Gasteiger partial charge in [-0.3, -0.25) is 4.79 Å². The molecule has 3 aromatic rings. The van der Waals surface area contributed by atoms with Gasteiger partial charge >= 0.3 is 5.97 Å². The van der Waals surface area contributed by atoms with Gasteiger partial charge in [-0.2, -0.15) is 0 Å². The fourth-order valence-corrected chi connectivity index (χ4v) is 4.82. The number of ether oxygens (including phenoxy) is 2. The largest absolute Gasteiger partial charge is 0.506 e. The Balaban J connectivity index is 1.59. The summed E-state index contributed by atoms with van der Waals surface area (Å²) < 4.78 is 10.9. The van der Waals surface area contributed by atoms with Crippen LogP contribution in [-0.4, -0.2) is 28.6 Å². The first-order valence-electron chi connectivity index (χ1n) is 11.2. The van der Waals surface area contributed by atoms with Crippen molar-refractivity contribution in [1.82, 2.24) is 0 Å². The molecule has 0 radical (unpaired) electrons. The van der Waals surface area contributed by atoms with E-state index < -0.39 is 11.9 Å². The van der Waals surface area contributed by atoms with Crippen LogP contribution in [0, 0.1) is 0 Å². The van der Waals surface area contributed by atoms with Crippen molar-refractivity contribution < 1.29 is 24.2 Å². The number of amides is 1. The quantitative estimate of drug-likeness (QED) is 0.309. The highest BCUT2D eigenvalue weighted by Gasteiger charge is 2.34. The third-order valence-corrected chi connectivity index (χ3v) is 6.87. The first-order valence-corrected chi connectivity index (χ1v) is 12.8. The van der Waals surface area contributed by atoms with Gasteiger partial charge in [0.2, 0.25) is 0 Å². The second kappa shape index (κ2) is 12.1. The fourth-order valence-electron chi connectivity index (χ4n) is 3.38. The van der Waals surface area contributed by atoms with Gasteiger partial charge in [0.15, 0.2) is 0 Å². The predicted molar refractivity (Wildman–Crippen MR) is 147 cm³/mol. The van der Waals surface area contributed by atoms with E-state index in [9.17, 15) is 14.7 Å². The average Bonchev–Trinajstić information content (AvgIpc) is 3.19. The molecular weight excluding hydrogens is 533 g/mol. The number of nitrogens with zero attached hydrogens (tertiary/aromatic N) is 1. The lowest BCUT2D eigenvalue weighted by atomic mass is 10.1. The number of hydrogen-bond acceptors (Lipinski definition) is 6. The lowest BCUT2D eigenvalue weighted by Crippen LogP contribution is -2.14. The Morgan fingerprint density at radius 2 is 1.73 bits per heavy atom. The highest BCUT2D eigenvalue weighted by atomic mass is 35.5. The second-order valence-corrected chi connectivity index (χ2v) is 9.56. The van der Waals surface area contributed by atoms with Crippen molar-refractivity contribution in [2.75, 3.05) is 6.61 Å². The normalized spacial score (nSPS) is 15.3. The molecule has 1 amide bonds. The zero-order valence-corrected chi connectivity index (χ0v) is 21.9. The molecule has 0 atom stereocenters. The molecule has 1 aliphatic rings. The first-order chi connectivity index (χ1) is 17.9. The van der Waals surface area contributed by atoms with Crippen LogP contribution in [0.25, 0.3) is 6.08 Å². The van der Waals surface area contributed by atoms with Gasteiger partial charge in [0.05, 0.1) is 16.5 Å². The van der Waals surface area contributed by atoms with E-state index in [0.29, 0.717) is 31.8 Å². The molecule has 3 aromatic carbocycles. The number of rotatable bonds is 7. The lowest BCUT2D eigenvalue weighted by Gasteiger charge is -2.10. The van der Waals surface area contributed by atoms with Crippen LogP contribution in [0.15, 0.2) is 94.0 Å². The van der Waals surface area contributed by atoms with Crippen molar-refractivity contribution in [3.63, 3.8) is 0 Å². The molecule has 188 valence electrons. The van der Waals surface area contributed by atoms with Crippen LogP contribution in [0.5, 0.6) is 5.75 Å². The Hall–Kier alpha value is -3.52. The number of carbonyl (C=O) groups is 2.